The van der Waals surface area contributed by atoms with Gasteiger partial charge in [0, 0.05) is 5.69 Å². The Bertz CT molecular complexity index is 1260. The third-order valence-electron chi connectivity index (χ3n) is 4.33. The molecule has 0 aliphatic carbocycles. The lowest BCUT2D eigenvalue weighted by molar-refractivity contribution is -0.119. The van der Waals surface area contributed by atoms with Crippen molar-refractivity contribution in [3.05, 3.63) is 77.3 Å². The molecule has 2 aromatic heterocycles. The fraction of sp³-hybridized carbons (Fsp3) is 0.100. The summed E-state index contributed by atoms with van der Waals surface area (Å²) in [5, 5.41) is 17.0. The molecule has 0 N–H and O–H groups in total. The van der Waals surface area contributed by atoms with E-state index in [4.69, 9.17) is 5.26 Å². The van der Waals surface area contributed by atoms with E-state index < -0.39 is 11.5 Å². The molecular formula is C20H15N7O2. The normalized spacial score (nSPS) is 10.6. The Balaban J connectivity index is 1.66. The third-order valence-corrected chi connectivity index (χ3v) is 4.33. The highest BCUT2D eigenvalue weighted by Crippen LogP contribution is 2.14. The SMILES string of the molecule is N#CCN(C(=O)Cn1cnc2c(nnn2-c2ccccc2)c1=O)c1ccccc1. The van der Waals surface area contributed by atoms with E-state index in [1.54, 1.807) is 24.3 Å². The Kier molecular flexibility index (Phi) is 4.82. The molecule has 0 atom stereocenters. The average molecular weight is 385 g/mol. The Morgan fingerprint density at radius 1 is 1.07 bits per heavy atom. The Morgan fingerprint density at radius 3 is 2.45 bits per heavy atom. The molecule has 1 amide bonds. The van der Waals surface area contributed by atoms with Crippen LogP contribution in [0.1, 0.15) is 0 Å². The number of hydrogen-bond acceptors (Lipinski definition) is 6. The first-order valence-electron chi connectivity index (χ1n) is 8.77. The van der Waals surface area contributed by atoms with Gasteiger partial charge < -0.3 is 0 Å². The summed E-state index contributed by atoms with van der Waals surface area (Å²) in [6, 6.07) is 20.0. The van der Waals surface area contributed by atoms with Gasteiger partial charge in [-0.05, 0) is 24.3 Å². The largest absolute Gasteiger partial charge is 0.297 e. The number of anilines is 1. The lowest BCUT2D eigenvalue weighted by atomic mass is 10.3. The number of carbonyl (C=O) groups is 1. The number of carbonyl (C=O) groups excluding carboxylic acids is 1. The molecule has 0 fully saturated rings. The molecule has 0 aliphatic rings. The minimum atomic E-state index is -0.476. The van der Waals surface area contributed by atoms with E-state index in [1.807, 2.05) is 42.5 Å². The number of nitriles is 1. The van der Waals surface area contributed by atoms with Gasteiger partial charge in [-0.25, -0.2) is 4.98 Å². The summed E-state index contributed by atoms with van der Waals surface area (Å²) in [5.74, 6) is -0.406. The van der Waals surface area contributed by atoms with E-state index in [0.29, 0.717) is 11.3 Å². The Labute approximate surface area is 165 Å². The van der Waals surface area contributed by atoms with Gasteiger partial charge in [0.2, 0.25) is 5.91 Å². The summed E-state index contributed by atoms with van der Waals surface area (Å²) in [4.78, 5) is 31.2. The van der Waals surface area contributed by atoms with Gasteiger partial charge in [-0.2, -0.15) is 9.94 Å². The van der Waals surface area contributed by atoms with Crippen LogP contribution in [0.4, 0.5) is 5.69 Å². The smallest absolute Gasteiger partial charge is 0.284 e. The molecule has 2 heterocycles. The Hall–Kier alpha value is -4.32. The number of nitrogens with zero attached hydrogens (tertiary/aromatic N) is 7. The summed E-state index contributed by atoms with van der Waals surface area (Å²) in [7, 11) is 0. The molecule has 142 valence electrons. The quantitative estimate of drug-likeness (QED) is 0.482. The van der Waals surface area contributed by atoms with Gasteiger partial charge in [0.25, 0.3) is 5.56 Å². The highest BCUT2D eigenvalue weighted by molar-refractivity contribution is 5.93. The first-order chi connectivity index (χ1) is 14.2. The van der Waals surface area contributed by atoms with Gasteiger partial charge in [0.15, 0.2) is 11.2 Å². The number of fused-ring (bicyclic) bond motifs is 1. The summed E-state index contributed by atoms with van der Waals surface area (Å²) in [5.41, 5.74) is 1.20. The van der Waals surface area contributed by atoms with Crippen LogP contribution in [0.3, 0.4) is 0 Å². The number of para-hydroxylation sites is 2. The van der Waals surface area contributed by atoms with E-state index in [-0.39, 0.29) is 18.6 Å². The molecule has 0 unspecified atom stereocenters. The van der Waals surface area contributed by atoms with E-state index in [0.717, 1.165) is 5.69 Å². The molecule has 29 heavy (non-hydrogen) atoms. The van der Waals surface area contributed by atoms with Gasteiger partial charge in [0.1, 0.15) is 19.4 Å². The van der Waals surface area contributed by atoms with Crippen molar-refractivity contribution in [1.29, 1.82) is 5.26 Å². The van der Waals surface area contributed by atoms with E-state index in [9.17, 15) is 9.59 Å². The minimum Gasteiger partial charge on any atom is -0.297 e. The summed E-state index contributed by atoms with van der Waals surface area (Å²) < 4.78 is 2.64. The standard InChI is InChI=1S/C20H15N7O2/c21-11-12-26(15-7-3-1-4-8-15)17(28)13-25-14-22-19-18(20(25)29)23-24-27(19)16-9-5-2-6-10-16/h1-10,14H,12-13H2. The maximum Gasteiger partial charge on any atom is 0.284 e. The zero-order valence-electron chi connectivity index (χ0n) is 15.2. The van der Waals surface area contributed by atoms with E-state index >= 15 is 0 Å². The van der Waals surface area contributed by atoms with Crippen molar-refractivity contribution in [3.8, 4) is 11.8 Å². The molecule has 0 bridgehead atoms. The molecule has 0 aliphatic heterocycles. The van der Waals surface area contributed by atoms with Crippen LogP contribution in [0.5, 0.6) is 0 Å². The molecule has 0 saturated heterocycles. The van der Waals surface area contributed by atoms with Crippen LogP contribution in [0.15, 0.2) is 71.8 Å². The molecule has 4 rings (SSSR count). The molecule has 0 spiro atoms. The van der Waals surface area contributed by atoms with Gasteiger partial charge in [-0.1, -0.05) is 41.6 Å². The van der Waals surface area contributed by atoms with Gasteiger partial charge in [0.05, 0.1) is 11.8 Å². The zero-order valence-corrected chi connectivity index (χ0v) is 15.2. The van der Waals surface area contributed by atoms with Crippen molar-refractivity contribution in [2.75, 3.05) is 11.4 Å². The predicted octanol–water partition coefficient (Wildman–Crippen LogP) is 1.53. The molecule has 0 saturated carbocycles. The lowest BCUT2D eigenvalue weighted by Gasteiger charge is -2.20. The van der Waals surface area contributed by atoms with Crippen LogP contribution in [0.2, 0.25) is 0 Å². The van der Waals surface area contributed by atoms with Gasteiger partial charge >= 0.3 is 0 Å². The fourth-order valence-electron chi connectivity index (χ4n) is 2.93. The topological polar surface area (TPSA) is 110 Å². The summed E-state index contributed by atoms with van der Waals surface area (Å²) >= 11 is 0. The molecule has 9 nitrogen and oxygen atoms in total. The minimum absolute atomic E-state index is 0.0655. The van der Waals surface area contributed by atoms with Crippen LogP contribution in [-0.4, -0.2) is 37.0 Å². The Morgan fingerprint density at radius 2 is 1.76 bits per heavy atom. The van der Waals surface area contributed by atoms with Crippen LogP contribution in [0, 0.1) is 11.3 Å². The second kappa shape index (κ2) is 7.74. The first-order valence-corrected chi connectivity index (χ1v) is 8.77. The van der Waals surface area contributed by atoms with E-state index in [1.165, 1.54) is 20.5 Å². The maximum atomic E-state index is 12.8. The number of benzene rings is 2. The number of amides is 1. The van der Waals surface area contributed by atoms with Crippen molar-refractivity contribution in [2.24, 2.45) is 0 Å². The number of hydrogen-bond donors (Lipinski definition) is 0. The first kappa shape index (κ1) is 18.1. The van der Waals surface area contributed by atoms with Crippen molar-refractivity contribution in [3.63, 3.8) is 0 Å². The third kappa shape index (κ3) is 3.46. The second-order valence-electron chi connectivity index (χ2n) is 6.16. The lowest BCUT2D eigenvalue weighted by Crippen LogP contribution is -2.37. The highest BCUT2D eigenvalue weighted by atomic mass is 16.2. The van der Waals surface area contributed by atoms with Gasteiger partial charge in [-0.15, -0.1) is 5.10 Å². The fourth-order valence-corrected chi connectivity index (χ4v) is 2.93. The van der Waals surface area contributed by atoms with Crippen molar-refractivity contribution < 1.29 is 4.79 Å². The molecule has 4 aromatic rings. The monoisotopic (exact) mass is 385 g/mol. The number of aromatic nitrogens is 5. The van der Waals surface area contributed by atoms with E-state index in [2.05, 4.69) is 15.3 Å². The van der Waals surface area contributed by atoms with Crippen LogP contribution < -0.4 is 10.5 Å². The molecular weight excluding hydrogens is 370 g/mol. The highest BCUT2D eigenvalue weighted by Gasteiger charge is 2.19. The second-order valence-corrected chi connectivity index (χ2v) is 6.16. The average Bonchev–Trinajstić information content (AvgIpc) is 3.20. The van der Waals surface area contributed by atoms with Gasteiger partial charge in [-0.3, -0.25) is 19.1 Å². The van der Waals surface area contributed by atoms with Crippen LogP contribution in [0.25, 0.3) is 16.9 Å². The van der Waals surface area contributed by atoms with Crippen LogP contribution >= 0.6 is 0 Å². The predicted molar refractivity (Wildman–Crippen MR) is 105 cm³/mol. The number of rotatable bonds is 5. The summed E-state index contributed by atoms with van der Waals surface area (Å²) in [6.07, 6.45) is 1.29. The van der Waals surface area contributed by atoms with Crippen molar-refractivity contribution in [1.82, 2.24) is 24.5 Å². The molecule has 0 radical (unpaired) electrons. The molecule has 2 aromatic carbocycles. The van der Waals surface area contributed by atoms with Crippen molar-refractivity contribution in [2.45, 2.75) is 6.54 Å². The van der Waals surface area contributed by atoms with Crippen molar-refractivity contribution >= 4 is 22.8 Å². The van der Waals surface area contributed by atoms with Crippen LogP contribution in [-0.2, 0) is 11.3 Å². The summed E-state index contributed by atoms with van der Waals surface area (Å²) in [6.45, 7) is -0.395. The zero-order chi connectivity index (χ0) is 20.2. The maximum absolute atomic E-state index is 12.8. The molecule has 9 heteroatoms.